The van der Waals surface area contributed by atoms with Crippen LogP contribution in [0, 0.1) is 0 Å². The minimum Gasteiger partial charge on any atom is -0.478 e. The van der Waals surface area contributed by atoms with Crippen molar-refractivity contribution in [2.24, 2.45) is 7.05 Å². The van der Waals surface area contributed by atoms with Gasteiger partial charge in [-0.25, -0.2) is 14.8 Å². The van der Waals surface area contributed by atoms with Gasteiger partial charge in [-0.2, -0.15) is 5.10 Å². The van der Waals surface area contributed by atoms with Gasteiger partial charge in [0.05, 0.1) is 28.3 Å². The molecule has 0 atom stereocenters. The number of rotatable bonds is 1. The number of benzene rings is 2. The first-order valence-electron chi connectivity index (χ1n) is 6.39. The van der Waals surface area contributed by atoms with Gasteiger partial charge in [0.25, 0.3) is 0 Å². The molecule has 6 heteroatoms. The zero-order valence-corrected chi connectivity index (χ0v) is 11.1. The highest BCUT2D eigenvalue weighted by molar-refractivity contribution is 6.07. The third-order valence-corrected chi connectivity index (χ3v) is 3.56. The molecule has 21 heavy (non-hydrogen) atoms. The molecule has 0 saturated heterocycles. The van der Waals surface area contributed by atoms with Gasteiger partial charge >= 0.3 is 5.97 Å². The second-order valence-corrected chi connectivity index (χ2v) is 4.84. The van der Waals surface area contributed by atoms with Gasteiger partial charge in [-0.05, 0) is 24.3 Å². The molecule has 1 N–H and O–H groups in total. The van der Waals surface area contributed by atoms with Gasteiger partial charge in [0.15, 0.2) is 0 Å². The SMILES string of the molecule is Cn1ncc2ccc3nc4cccc(C(=O)O)c4nc3c21. The Hall–Kier alpha value is -3.02. The lowest BCUT2D eigenvalue weighted by atomic mass is 10.1. The monoisotopic (exact) mass is 278 g/mol. The molecule has 4 aromatic rings. The molecule has 0 aliphatic rings. The van der Waals surface area contributed by atoms with Crippen LogP contribution in [0.3, 0.4) is 0 Å². The molecule has 0 unspecified atom stereocenters. The lowest BCUT2D eigenvalue weighted by Crippen LogP contribution is -2.01. The van der Waals surface area contributed by atoms with E-state index in [0.29, 0.717) is 16.6 Å². The third-order valence-electron chi connectivity index (χ3n) is 3.56. The lowest BCUT2D eigenvalue weighted by molar-refractivity contribution is 0.0699. The molecule has 0 aliphatic carbocycles. The number of aryl methyl sites for hydroxylation is 1. The molecule has 0 amide bonds. The summed E-state index contributed by atoms with van der Waals surface area (Å²) in [4.78, 5) is 20.4. The van der Waals surface area contributed by atoms with Crippen molar-refractivity contribution in [1.29, 1.82) is 0 Å². The van der Waals surface area contributed by atoms with Crippen LogP contribution in [0.25, 0.3) is 33.0 Å². The summed E-state index contributed by atoms with van der Waals surface area (Å²) in [5, 5.41) is 14.5. The standard InChI is InChI=1S/C15H10N4O2/c1-19-14-8(7-16-19)5-6-11-13(14)18-12-9(15(20)21)3-2-4-10(12)17-11/h2-7H,1H3,(H,20,21). The number of carboxylic acids is 1. The molecule has 0 radical (unpaired) electrons. The number of aromatic carboxylic acids is 1. The number of para-hydroxylation sites is 1. The van der Waals surface area contributed by atoms with Gasteiger partial charge in [0.2, 0.25) is 0 Å². The highest BCUT2D eigenvalue weighted by atomic mass is 16.4. The minimum atomic E-state index is -1.01. The Kier molecular flexibility index (Phi) is 2.24. The first-order chi connectivity index (χ1) is 10.1. The van der Waals surface area contributed by atoms with Crippen molar-refractivity contribution in [1.82, 2.24) is 19.7 Å². The molecule has 2 heterocycles. The van der Waals surface area contributed by atoms with Gasteiger partial charge in [0.1, 0.15) is 11.0 Å². The second-order valence-electron chi connectivity index (χ2n) is 4.84. The van der Waals surface area contributed by atoms with E-state index < -0.39 is 5.97 Å². The van der Waals surface area contributed by atoms with E-state index >= 15 is 0 Å². The Morgan fingerprint density at radius 3 is 2.71 bits per heavy atom. The lowest BCUT2D eigenvalue weighted by Gasteiger charge is -2.05. The van der Waals surface area contributed by atoms with E-state index in [1.165, 1.54) is 6.07 Å². The maximum atomic E-state index is 11.3. The summed E-state index contributed by atoms with van der Waals surface area (Å²) in [5.74, 6) is -1.01. The van der Waals surface area contributed by atoms with E-state index in [1.54, 1.807) is 23.0 Å². The molecule has 2 aromatic carbocycles. The van der Waals surface area contributed by atoms with Crippen LogP contribution in [0.1, 0.15) is 10.4 Å². The molecule has 0 bridgehead atoms. The Morgan fingerprint density at radius 2 is 1.90 bits per heavy atom. The highest BCUT2D eigenvalue weighted by Crippen LogP contribution is 2.25. The summed E-state index contributed by atoms with van der Waals surface area (Å²) in [6.45, 7) is 0. The van der Waals surface area contributed by atoms with E-state index in [0.717, 1.165) is 16.4 Å². The third kappa shape index (κ3) is 1.59. The van der Waals surface area contributed by atoms with Gasteiger partial charge in [-0.15, -0.1) is 0 Å². The summed E-state index contributed by atoms with van der Waals surface area (Å²) in [7, 11) is 1.83. The zero-order chi connectivity index (χ0) is 14.6. The van der Waals surface area contributed by atoms with Crippen molar-refractivity contribution in [3.63, 3.8) is 0 Å². The zero-order valence-electron chi connectivity index (χ0n) is 11.1. The van der Waals surface area contributed by atoms with Gasteiger partial charge in [0, 0.05) is 12.4 Å². The van der Waals surface area contributed by atoms with Crippen LogP contribution in [0.5, 0.6) is 0 Å². The van der Waals surface area contributed by atoms with E-state index in [4.69, 9.17) is 0 Å². The van der Waals surface area contributed by atoms with E-state index in [2.05, 4.69) is 15.1 Å². The molecule has 6 nitrogen and oxygen atoms in total. The van der Waals surface area contributed by atoms with Gasteiger partial charge < -0.3 is 5.11 Å². The first-order valence-corrected chi connectivity index (χ1v) is 6.39. The largest absolute Gasteiger partial charge is 0.478 e. The second kappa shape index (κ2) is 3.99. The predicted octanol–water partition coefficient (Wildman–Crippen LogP) is 2.37. The summed E-state index contributed by atoms with van der Waals surface area (Å²) in [6, 6.07) is 8.79. The van der Waals surface area contributed by atoms with Crippen LogP contribution in [0.2, 0.25) is 0 Å². The number of nitrogens with zero attached hydrogens (tertiary/aromatic N) is 4. The summed E-state index contributed by atoms with van der Waals surface area (Å²) in [5.41, 5.74) is 3.35. The molecule has 0 fully saturated rings. The van der Waals surface area contributed by atoms with E-state index in [1.807, 2.05) is 19.2 Å². The van der Waals surface area contributed by atoms with Crippen molar-refractivity contribution in [3.05, 3.63) is 42.1 Å². The first kappa shape index (κ1) is 11.8. The molecular weight excluding hydrogens is 268 g/mol. The number of aromatic nitrogens is 4. The Labute approximate surface area is 118 Å². The van der Waals surface area contributed by atoms with E-state index in [9.17, 15) is 9.90 Å². The Bertz CT molecular complexity index is 1040. The molecule has 102 valence electrons. The fourth-order valence-corrected chi connectivity index (χ4v) is 2.59. The van der Waals surface area contributed by atoms with Crippen LogP contribution < -0.4 is 0 Å². The van der Waals surface area contributed by atoms with Crippen LogP contribution in [-0.2, 0) is 7.05 Å². The maximum Gasteiger partial charge on any atom is 0.337 e. The van der Waals surface area contributed by atoms with Crippen LogP contribution in [-0.4, -0.2) is 30.8 Å². The number of hydrogen-bond acceptors (Lipinski definition) is 4. The summed E-state index contributed by atoms with van der Waals surface area (Å²) >= 11 is 0. The van der Waals surface area contributed by atoms with Crippen molar-refractivity contribution < 1.29 is 9.90 Å². The fourth-order valence-electron chi connectivity index (χ4n) is 2.59. The number of carboxylic acid groups (broad SMARTS) is 1. The molecular formula is C15H10N4O2. The quantitative estimate of drug-likeness (QED) is 0.540. The molecule has 0 aliphatic heterocycles. The average molecular weight is 278 g/mol. The summed E-state index contributed by atoms with van der Waals surface area (Å²) in [6.07, 6.45) is 1.75. The predicted molar refractivity (Wildman–Crippen MR) is 78.3 cm³/mol. The highest BCUT2D eigenvalue weighted by Gasteiger charge is 2.14. The van der Waals surface area contributed by atoms with Gasteiger partial charge in [-0.1, -0.05) is 6.07 Å². The van der Waals surface area contributed by atoms with Crippen molar-refractivity contribution in [2.75, 3.05) is 0 Å². The minimum absolute atomic E-state index is 0.154. The number of fused-ring (bicyclic) bond motifs is 4. The fraction of sp³-hybridized carbons (Fsp3) is 0.0667. The maximum absolute atomic E-state index is 11.3. The van der Waals surface area contributed by atoms with Crippen molar-refractivity contribution in [3.8, 4) is 0 Å². The topological polar surface area (TPSA) is 80.9 Å². The van der Waals surface area contributed by atoms with Crippen LogP contribution in [0.15, 0.2) is 36.5 Å². The van der Waals surface area contributed by atoms with Crippen LogP contribution >= 0.6 is 0 Å². The summed E-state index contributed by atoms with van der Waals surface area (Å²) < 4.78 is 1.72. The van der Waals surface area contributed by atoms with Crippen molar-refractivity contribution in [2.45, 2.75) is 0 Å². The molecule has 0 spiro atoms. The number of carbonyl (C=O) groups is 1. The van der Waals surface area contributed by atoms with Crippen LogP contribution in [0.4, 0.5) is 0 Å². The average Bonchev–Trinajstić information content (AvgIpc) is 2.86. The molecule has 2 aromatic heterocycles. The molecule has 4 rings (SSSR count). The number of hydrogen-bond donors (Lipinski definition) is 1. The van der Waals surface area contributed by atoms with E-state index in [-0.39, 0.29) is 5.56 Å². The van der Waals surface area contributed by atoms with Crippen molar-refractivity contribution >= 4 is 38.9 Å². The Balaban J connectivity index is 2.25. The normalized spacial score (nSPS) is 11.5. The van der Waals surface area contributed by atoms with Gasteiger partial charge in [-0.3, -0.25) is 4.68 Å². The smallest absolute Gasteiger partial charge is 0.337 e. The Morgan fingerprint density at radius 1 is 1.10 bits per heavy atom. The molecule has 0 saturated carbocycles.